The van der Waals surface area contributed by atoms with E-state index in [1.807, 2.05) is 25.3 Å². The summed E-state index contributed by atoms with van der Waals surface area (Å²) in [5, 5.41) is 11.7. The van der Waals surface area contributed by atoms with Crippen LogP contribution >= 0.6 is 0 Å². The second-order valence-corrected chi connectivity index (χ2v) is 8.82. The summed E-state index contributed by atoms with van der Waals surface area (Å²) in [6, 6.07) is -0.247. The lowest BCUT2D eigenvalue weighted by molar-refractivity contribution is -0.138. The van der Waals surface area contributed by atoms with Crippen LogP contribution in [0.3, 0.4) is 0 Å². The van der Waals surface area contributed by atoms with Crippen LogP contribution in [-0.4, -0.2) is 56.0 Å². The second-order valence-electron chi connectivity index (χ2n) is 8.82. The van der Waals surface area contributed by atoms with Gasteiger partial charge in [0, 0.05) is 45.0 Å². The summed E-state index contributed by atoms with van der Waals surface area (Å²) in [6.07, 6.45) is 2.50. The molecule has 3 rings (SSSR count). The fourth-order valence-corrected chi connectivity index (χ4v) is 3.82. The van der Waals surface area contributed by atoms with E-state index in [4.69, 9.17) is 4.74 Å². The average Bonchev–Trinajstić information content (AvgIpc) is 2.93. The lowest BCUT2D eigenvalue weighted by Crippen LogP contribution is -2.40. The van der Waals surface area contributed by atoms with Gasteiger partial charge in [0.05, 0.1) is 6.04 Å². The molecule has 0 saturated carbocycles. The molecule has 9 heteroatoms. The van der Waals surface area contributed by atoms with Crippen molar-refractivity contribution < 1.29 is 19.1 Å². The third-order valence-corrected chi connectivity index (χ3v) is 5.41. The first-order valence-corrected chi connectivity index (χ1v) is 10.6. The number of fused-ring (bicyclic) bond motifs is 1. The molecule has 0 bridgehead atoms. The first-order chi connectivity index (χ1) is 14.1. The molecule has 0 saturated heterocycles. The third-order valence-electron chi connectivity index (χ3n) is 5.41. The summed E-state index contributed by atoms with van der Waals surface area (Å²) >= 11 is 0. The van der Waals surface area contributed by atoms with Gasteiger partial charge in [-0.15, -0.1) is 10.2 Å². The summed E-state index contributed by atoms with van der Waals surface area (Å²) in [6.45, 7) is 10.9. The molecular formula is C21H31N5O4. The average molecular weight is 418 g/mol. The predicted octanol–water partition coefficient (Wildman–Crippen LogP) is 1.54. The van der Waals surface area contributed by atoms with Gasteiger partial charge >= 0.3 is 0 Å². The van der Waals surface area contributed by atoms with Gasteiger partial charge in [-0.2, -0.15) is 0 Å². The van der Waals surface area contributed by atoms with Crippen molar-refractivity contribution in [3.8, 4) is 0 Å². The number of allylic oxidation sites excluding steroid dienone is 1. The van der Waals surface area contributed by atoms with Gasteiger partial charge in [0.2, 0.25) is 5.91 Å². The van der Waals surface area contributed by atoms with Gasteiger partial charge in [0.25, 0.3) is 5.91 Å². The number of hydrogen-bond donors (Lipinski definition) is 1. The molecule has 1 N–H and O–H groups in total. The summed E-state index contributed by atoms with van der Waals surface area (Å²) < 4.78 is 7.77. The molecule has 0 aliphatic carbocycles. The van der Waals surface area contributed by atoms with Crippen molar-refractivity contribution in [1.29, 1.82) is 0 Å². The van der Waals surface area contributed by atoms with Crippen molar-refractivity contribution in [2.24, 2.45) is 5.92 Å². The molecule has 0 unspecified atom stereocenters. The maximum Gasteiger partial charge on any atom is 0.289 e. The van der Waals surface area contributed by atoms with Gasteiger partial charge in [-0.05, 0) is 19.8 Å². The van der Waals surface area contributed by atoms with E-state index in [1.54, 1.807) is 18.7 Å². The standard InChI is InChI=1S/C21H31N5O4/c1-6-17(28)22-18(13(2)3)19-24-23-16-7-8-25(9-10-26(16)19)20(29)15-11-14(27)12-21(4,5)30-15/h11,13,18H,6-10,12H2,1-5H3,(H,22,28)/t18-/m1/s1. The van der Waals surface area contributed by atoms with E-state index >= 15 is 0 Å². The number of ketones is 1. The maximum absolute atomic E-state index is 13.0. The zero-order chi connectivity index (χ0) is 22.1. The number of ether oxygens (including phenoxy) is 1. The van der Waals surface area contributed by atoms with Crippen molar-refractivity contribution in [1.82, 2.24) is 25.0 Å². The molecule has 0 aromatic carbocycles. The quantitative estimate of drug-likeness (QED) is 0.779. The molecule has 2 aliphatic heterocycles. The topological polar surface area (TPSA) is 106 Å². The van der Waals surface area contributed by atoms with E-state index in [0.29, 0.717) is 38.3 Å². The summed E-state index contributed by atoms with van der Waals surface area (Å²) in [5.41, 5.74) is -0.686. The fourth-order valence-electron chi connectivity index (χ4n) is 3.82. The molecule has 164 valence electrons. The number of nitrogens with one attached hydrogen (secondary N) is 1. The Labute approximate surface area is 176 Å². The summed E-state index contributed by atoms with van der Waals surface area (Å²) in [7, 11) is 0. The van der Waals surface area contributed by atoms with E-state index in [2.05, 4.69) is 15.5 Å². The number of nitrogens with zero attached hydrogens (tertiary/aromatic N) is 4. The highest BCUT2D eigenvalue weighted by atomic mass is 16.5. The molecule has 1 aromatic rings. The largest absolute Gasteiger partial charge is 0.481 e. The molecule has 1 atom stereocenters. The van der Waals surface area contributed by atoms with Gasteiger partial charge in [0.15, 0.2) is 17.4 Å². The molecule has 30 heavy (non-hydrogen) atoms. The minimum atomic E-state index is -0.686. The molecule has 0 spiro atoms. The molecule has 1 aromatic heterocycles. The Hall–Kier alpha value is -2.71. The normalized spacial score (nSPS) is 19.5. The maximum atomic E-state index is 13.0. The Morgan fingerprint density at radius 3 is 2.60 bits per heavy atom. The lowest BCUT2D eigenvalue weighted by Gasteiger charge is -2.32. The van der Waals surface area contributed by atoms with Crippen LogP contribution in [0, 0.1) is 5.92 Å². The van der Waals surface area contributed by atoms with Crippen LogP contribution in [0.1, 0.15) is 65.2 Å². The number of carbonyl (C=O) groups excluding carboxylic acids is 3. The molecule has 2 amide bonds. The SMILES string of the molecule is CCC(=O)N[C@@H](c1nnc2n1CCN(C(=O)C1=CC(=O)CC(C)(C)O1)CC2)C(C)C. The Balaban J connectivity index is 1.77. The van der Waals surface area contributed by atoms with E-state index in [1.165, 1.54) is 6.08 Å². The lowest BCUT2D eigenvalue weighted by atomic mass is 9.98. The van der Waals surface area contributed by atoms with Crippen LogP contribution in [0.2, 0.25) is 0 Å². The number of amides is 2. The van der Waals surface area contributed by atoms with Crippen LogP contribution in [0.25, 0.3) is 0 Å². The van der Waals surface area contributed by atoms with Crippen LogP contribution in [0.5, 0.6) is 0 Å². The zero-order valence-corrected chi connectivity index (χ0v) is 18.4. The minimum absolute atomic E-state index is 0.0369. The highest BCUT2D eigenvalue weighted by molar-refractivity contribution is 6.01. The van der Waals surface area contributed by atoms with Crippen molar-refractivity contribution in [3.63, 3.8) is 0 Å². The molecule has 2 aliphatic rings. The molecule has 9 nitrogen and oxygen atoms in total. The van der Waals surface area contributed by atoms with E-state index in [0.717, 1.165) is 5.82 Å². The van der Waals surface area contributed by atoms with Gasteiger partial charge in [0.1, 0.15) is 11.4 Å². The van der Waals surface area contributed by atoms with Gasteiger partial charge in [-0.3, -0.25) is 14.4 Å². The Bertz CT molecular complexity index is 871. The summed E-state index contributed by atoms with van der Waals surface area (Å²) in [5.74, 6) is 1.32. The van der Waals surface area contributed by atoms with Crippen LogP contribution < -0.4 is 5.32 Å². The smallest absolute Gasteiger partial charge is 0.289 e. The highest BCUT2D eigenvalue weighted by Crippen LogP contribution is 2.27. The van der Waals surface area contributed by atoms with Crippen LogP contribution in [0.15, 0.2) is 11.8 Å². The predicted molar refractivity (Wildman–Crippen MR) is 109 cm³/mol. The third kappa shape index (κ3) is 4.71. The van der Waals surface area contributed by atoms with E-state index in [-0.39, 0.29) is 41.7 Å². The van der Waals surface area contributed by atoms with Gasteiger partial charge < -0.3 is 19.5 Å². The van der Waals surface area contributed by atoms with Crippen molar-refractivity contribution >= 4 is 17.6 Å². The van der Waals surface area contributed by atoms with Crippen molar-refractivity contribution in [2.45, 2.75) is 72.1 Å². The van der Waals surface area contributed by atoms with Crippen molar-refractivity contribution in [3.05, 3.63) is 23.5 Å². The van der Waals surface area contributed by atoms with Gasteiger partial charge in [-0.25, -0.2) is 0 Å². The monoisotopic (exact) mass is 417 g/mol. The van der Waals surface area contributed by atoms with Crippen LogP contribution in [-0.2, 0) is 32.1 Å². The number of carbonyl (C=O) groups is 3. The van der Waals surface area contributed by atoms with Crippen LogP contribution in [0.4, 0.5) is 0 Å². The fraction of sp³-hybridized carbons (Fsp3) is 0.667. The van der Waals surface area contributed by atoms with E-state index < -0.39 is 5.60 Å². The van der Waals surface area contributed by atoms with E-state index in [9.17, 15) is 14.4 Å². The second kappa shape index (κ2) is 8.57. The Morgan fingerprint density at radius 1 is 1.23 bits per heavy atom. The Morgan fingerprint density at radius 2 is 1.97 bits per heavy atom. The number of aromatic nitrogens is 3. The molecule has 0 radical (unpaired) electrons. The van der Waals surface area contributed by atoms with Gasteiger partial charge in [-0.1, -0.05) is 20.8 Å². The Kier molecular flexibility index (Phi) is 6.28. The molecule has 0 fully saturated rings. The minimum Gasteiger partial charge on any atom is -0.481 e. The zero-order valence-electron chi connectivity index (χ0n) is 18.4. The molecular weight excluding hydrogens is 386 g/mol. The number of hydrogen-bond acceptors (Lipinski definition) is 6. The first kappa shape index (κ1) is 22.0. The number of rotatable bonds is 5. The summed E-state index contributed by atoms with van der Waals surface area (Å²) in [4.78, 5) is 38.7. The van der Waals surface area contributed by atoms with Crippen molar-refractivity contribution in [2.75, 3.05) is 13.1 Å². The first-order valence-electron chi connectivity index (χ1n) is 10.6. The highest BCUT2D eigenvalue weighted by Gasteiger charge is 2.35. The molecule has 3 heterocycles.